The van der Waals surface area contributed by atoms with Gasteiger partial charge in [0.2, 0.25) is 0 Å². The number of allylic oxidation sites excluding steroid dienone is 6. The second-order valence-electron chi connectivity index (χ2n) is 16.3. The predicted molar refractivity (Wildman–Crippen MR) is 227 cm³/mol. The summed E-state index contributed by atoms with van der Waals surface area (Å²) in [4.78, 5) is 36.8. The quantitative estimate of drug-likeness (QED) is 0.0264. The van der Waals surface area contributed by atoms with Crippen LogP contribution in [0.3, 0.4) is 0 Å². The first-order valence-electron chi connectivity index (χ1n) is 22.5. The molecule has 8 heteroatoms. The molecule has 0 saturated carbocycles. The van der Waals surface area contributed by atoms with Crippen LogP contribution in [0.4, 0.5) is 0 Å². The molecule has 0 spiro atoms. The average Bonchev–Trinajstić information content (AvgIpc) is 3.14. The zero-order valence-corrected chi connectivity index (χ0v) is 36.3. The number of ether oxygens (including phenoxy) is 3. The molecule has 0 N–H and O–H groups in total. The maximum atomic E-state index is 12.6. The summed E-state index contributed by atoms with van der Waals surface area (Å²) < 4.78 is 17.1. The molecule has 0 heterocycles. The molecule has 0 aliphatic rings. The molecule has 0 aromatic rings. The lowest BCUT2D eigenvalue weighted by Gasteiger charge is -2.34. The monoisotopic (exact) mass is 776 g/mol. The zero-order valence-electron chi connectivity index (χ0n) is 36.3. The van der Waals surface area contributed by atoms with Crippen LogP contribution in [0.2, 0.25) is 0 Å². The van der Waals surface area contributed by atoms with E-state index in [9.17, 15) is 19.5 Å². The molecule has 0 radical (unpaired) electrons. The number of nitrogens with zero attached hydrogens (tertiary/aromatic N) is 1. The smallest absolute Gasteiger partial charge is 0.306 e. The van der Waals surface area contributed by atoms with Crippen LogP contribution in [0, 0.1) is 0 Å². The maximum Gasteiger partial charge on any atom is 0.306 e. The third-order valence-electron chi connectivity index (χ3n) is 10.0. The van der Waals surface area contributed by atoms with Crippen LogP contribution in [0.5, 0.6) is 0 Å². The molecule has 55 heavy (non-hydrogen) atoms. The van der Waals surface area contributed by atoms with Gasteiger partial charge in [-0.2, -0.15) is 0 Å². The van der Waals surface area contributed by atoms with Crippen molar-refractivity contribution in [1.29, 1.82) is 0 Å². The minimum atomic E-state index is -1.13. The van der Waals surface area contributed by atoms with Crippen molar-refractivity contribution in [3.8, 4) is 0 Å². The first kappa shape index (κ1) is 52.6. The summed E-state index contributed by atoms with van der Waals surface area (Å²) in [7, 11) is 5.39. The molecule has 0 aliphatic heterocycles. The largest absolute Gasteiger partial charge is 0.544 e. The summed E-state index contributed by atoms with van der Waals surface area (Å²) in [5, 5.41) is 11.6. The molecule has 0 bridgehead atoms. The molecule has 0 saturated heterocycles. The van der Waals surface area contributed by atoms with Crippen LogP contribution in [0.25, 0.3) is 0 Å². The van der Waals surface area contributed by atoms with Gasteiger partial charge in [0.1, 0.15) is 12.6 Å². The van der Waals surface area contributed by atoms with Crippen LogP contribution in [0.1, 0.15) is 194 Å². The first-order valence-corrected chi connectivity index (χ1v) is 22.5. The Hall–Kier alpha value is -2.45. The van der Waals surface area contributed by atoms with E-state index in [1.54, 1.807) is 21.1 Å². The fourth-order valence-electron chi connectivity index (χ4n) is 6.57. The maximum absolute atomic E-state index is 12.6. The Morgan fingerprint density at radius 2 is 1.02 bits per heavy atom. The van der Waals surface area contributed by atoms with Gasteiger partial charge in [0.15, 0.2) is 6.10 Å². The highest BCUT2D eigenvalue weighted by Crippen LogP contribution is 2.16. The first-order chi connectivity index (χ1) is 26.6. The van der Waals surface area contributed by atoms with E-state index in [1.807, 2.05) is 0 Å². The van der Waals surface area contributed by atoms with Crippen LogP contribution >= 0.6 is 0 Å². The summed E-state index contributed by atoms with van der Waals surface area (Å²) >= 11 is 0. The van der Waals surface area contributed by atoms with Crippen molar-refractivity contribution in [2.45, 2.75) is 206 Å². The standard InChI is InChI=1S/C47H85NO7/c1-6-8-10-12-14-16-18-19-20-21-22-23-24-25-26-28-29-31-33-35-37-45(49)54-42-43(41-53-40-39-44(47(51)52)48(3,4)5)55-46(50)38-36-34-32-30-27-17-15-13-11-9-7-2/h9,11,15,17,30,32,43-44H,6-8,10,12-14,16,18-29,31,33-42H2,1-5H3/b11-9+,17-15+,32-30+. The lowest BCUT2D eigenvalue weighted by Crippen LogP contribution is -2.55. The van der Waals surface area contributed by atoms with Crippen molar-refractivity contribution in [1.82, 2.24) is 0 Å². The highest BCUT2D eigenvalue weighted by Gasteiger charge is 2.25. The molecule has 0 aliphatic carbocycles. The van der Waals surface area contributed by atoms with Crippen molar-refractivity contribution in [3.05, 3.63) is 36.5 Å². The Bertz CT molecular complexity index is 1000. The number of esters is 2. The van der Waals surface area contributed by atoms with Gasteiger partial charge in [0.25, 0.3) is 0 Å². The number of quaternary nitrogens is 1. The third-order valence-corrected chi connectivity index (χ3v) is 10.0. The van der Waals surface area contributed by atoms with Gasteiger partial charge >= 0.3 is 11.9 Å². The van der Waals surface area contributed by atoms with Crippen molar-refractivity contribution in [2.24, 2.45) is 0 Å². The van der Waals surface area contributed by atoms with E-state index in [0.29, 0.717) is 12.8 Å². The van der Waals surface area contributed by atoms with Crippen molar-refractivity contribution >= 4 is 17.9 Å². The summed E-state index contributed by atoms with van der Waals surface area (Å²) in [5.74, 6) is -1.80. The molecular formula is C47H85NO7. The van der Waals surface area contributed by atoms with E-state index in [0.717, 1.165) is 44.9 Å². The van der Waals surface area contributed by atoms with Crippen LogP contribution in [-0.2, 0) is 28.6 Å². The fraction of sp³-hybridized carbons (Fsp3) is 0.809. The summed E-state index contributed by atoms with van der Waals surface area (Å²) in [6, 6.07) is -0.732. The van der Waals surface area contributed by atoms with Crippen molar-refractivity contribution < 1.29 is 38.2 Å². The highest BCUT2D eigenvalue weighted by atomic mass is 16.6. The number of hydrogen-bond donors (Lipinski definition) is 0. The van der Waals surface area contributed by atoms with Crippen LogP contribution in [0.15, 0.2) is 36.5 Å². The second-order valence-corrected chi connectivity index (χ2v) is 16.3. The number of hydrogen-bond acceptors (Lipinski definition) is 7. The zero-order chi connectivity index (χ0) is 40.7. The van der Waals surface area contributed by atoms with E-state index < -0.39 is 18.1 Å². The summed E-state index contributed by atoms with van der Waals surface area (Å²) in [6.07, 6.45) is 43.4. The molecular weight excluding hydrogens is 691 g/mol. The lowest BCUT2D eigenvalue weighted by atomic mass is 10.0. The number of carboxylic acids is 1. The fourth-order valence-corrected chi connectivity index (χ4v) is 6.57. The highest BCUT2D eigenvalue weighted by molar-refractivity contribution is 5.70. The number of unbranched alkanes of at least 4 members (excludes halogenated alkanes) is 20. The molecule has 0 aromatic heterocycles. The average molecular weight is 776 g/mol. The molecule has 320 valence electrons. The molecule has 2 atom stereocenters. The van der Waals surface area contributed by atoms with E-state index in [-0.39, 0.29) is 49.1 Å². The number of rotatable bonds is 40. The Morgan fingerprint density at radius 3 is 1.49 bits per heavy atom. The van der Waals surface area contributed by atoms with E-state index in [1.165, 1.54) is 109 Å². The van der Waals surface area contributed by atoms with E-state index >= 15 is 0 Å². The van der Waals surface area contributed by atoms with Crippen molar-refractivity contribution in [2.75, 3.05) is 41.0 Å². The van der Waals surface area contributed by atoms with Crippen LogP contribution in [-0.4, -0.2) is 75.5 Å². The summed E-state index contributed by atoms with van der Waals surface area (Å²) in [6.45, 7) is 4.50. The van der Waals surface area contributed by atoms with Crippen LogP contribution < -0.4 is 5.11 Å². The lowest BCUT2D eigenvalue weighted by molar-refractivity contribution is -0.889. The van der Waals surface area contributed by atoms with Gasteiger partial charge in [-0.15, -0.1) is 0 Å². The predicted octanol–water partition coefficient (Wildman–Crippen LogP) is 10.9. The van der Waals surface area contributed by atoms with E-state index in [2.05, 4.69) is 50.3 Å². The Kier molecular flexibility index (Phi) is 36.7. The van der Waals surface area contributed by atoms with Gasteiger partial charge in [-0.25, -0.2) is 0 Å². The Balaban J connectivity index is 4.25. The third kappa shape index (κ3) is 36.9. The Labute approximate surface area is 338 Å². The van der Waals surface area contributed by atoms with Gasteiger partial charge < -0.3 is 28.6 Å². The van der Waals surface area contributed by atoms with Gasteiger partial charge in [0.05, 0.1) is 40.3 Å². The minimum Gasteiger partial charge on any atom is -0.544 e. The number of carbonyl (C=O) groups is 3. The minimum absolute atomic E-state index is 0.0227. The molecule has 0 rings (SSSR count). The molecule has 0 fully saturated rings. The van der Waals surface area contributed by atoms with Gasteiger partial charge in [-0.3, -0.25) is 9.59 Å². The SMILES string of the molecule is CC/C=C/C/C=C/C/C=C/CCCC(=O)OC(COCCC(C(=O)[O-])[N+](C)(C)C)COC(=O)CCCCCCCCCCCCCCCCCCCCCC. The Morgan fingerprint density at radius 1 is 0.564 bits per heavy atom. The molecule has 2 unspecified atom stereocenters. The number of aliphatic carboxylic acids is 1. The molecule has 8 nitrogen and oxygen atoms in total. The molecule has 0 aromatic carbocycles. The number of likely N-dealkylation sites (N-methyl/N-ethyl adjacent to an activating group) is 1. The number of carboxylic acid groups (broad SMARTS) is 1. The summed E-state index contributed by atoms with van der Waals surface area (Å²) in [5.41, 5.74) is 0. The van der Waals surface area contributed by atoms with Gasteiger partial charge in [-0.1, -0.05) is 172 Å². The van der Waals surface area contributed by atoms with Crippen molar-refractivity contribution in [3.63, 3.8) is 0 Å². The normalized spacial score (nSPS) is 13.3. The van der Waals surface area contributed by atoms with Gasteiger partial charge in [-0.05, 0) is 38.5 Å². The van der Waals surface area contributed by atoms with Gasteiger partial charge in [0, 0.05) is 19.3 Å². The topological polar surface area (TPSA) is 102 Å². The number of carbonyl (C=O) groups excluding carboxylic acids is 3. The van der Waals surface area contributed by atoms with E-state index in [4.69, 9.17) is 14.2 Å². The molecule has 0 amide bonds. The second kappa shape index (κ2) is 38.4.